The minimum Gasteiger partial charge on any atom is -0.337 e. The van der Waals surface area contributed by atoms with E-state index in [4.69, 9.17) is 17.3 Å². The van der Waals surface area contributed by atoms with Crippen LogP contribution in [0.15, 0.2) is 30.5 Å². The van der Waals surface area contributed by atoms with E-state index in [0.29, 0.717) is 17.9 Å². The molecule has 1 aliphatic heterocycles. The number of aromatic nitrogens is 1. The third-order valence-electron chi connectivity index (χ3n) is 3.97. The second kappa shape index (κ2) is 5.04. The number of likely N-dealkylation sites (tertiary alicyclic amines) is 1. The van der Waals surface area contributed by atoms with Gasteiger partial charge in [-0.1, -0.05) is 17.7 Å². The molecule has 1 saturated heterocycles. The standard InChI is InChI=1S/C15H16ClN3O/c1-19-13(20)7-6-12(17)15(19)10-4-5-11(16)9-3-2-8-18-14(9)10/h2-5,8,12,15H,6-7,17H2,1H3. The number of hydrogen-bond donors (Lipinski definition) is 1. The Balaban J connectivity index is 2.18. The van der Waals surface area contributed by atoms with Crippen LogP contribution in [-0.4, -0.2) is 28.9 Å². The largest absolute Gasteiger partial charge is 0.337 e. The number of amides is 1. The number of pyridine rings is 1. The van der Waals surface area contributed by atoms with Crippen LogP contribution in [0.2, 0.25) is 5.02 Å². The summed E-state index contributed by atoms with van der Waals surface area (Å²) in [6.45, 7) is 0. The fourth-order valence-corrected chi connectivity index (χ4v) is 3.12. The van der Waals surface area contributed by atoms with Gasteiger partial charge in [0, 0.05) is 41.7 Å². The Morgan fingerprint density at radius 2 is 2.20 bits per heavy atom. The third kappa shape index (κ3) is 2.05. The lowest BCUT2D eigenvalue weighted by Gasteiger charge is -2.37. The predicted octanol–water partition coefficient (Wildman–Crippen LogP) is 2.51. The molecule has 2 aromatic rings. The van der Waals surface area contributed by atoms with Gasteiger partial charge in [0.05, 0.1) is 11.6 Å². The highest BCUT2D eigenvalue weighted by atomic mass is 35.5. The highest BCUT2D eigenvalue weighted by Crippen LogP contribution is 2.35. The SMILES string of the molecule is CN1C(=O)CCC(N)C1c1ccc(Cl)c2cccnc12. The molecule has 4 nitrogen and oxygen atoms in total. The first kappa shape index (κ1) is 13.3. The summed E-state index contributed by atoms with van der Waals surface area (Å²) in [6, 6.07) is 7.34. The maximum atomic E-state index is 12.0. The second-order valence-electron chi connectivity index (χ2n) is 5.19. The molecule has 0 radical (unpaired) electrons. The van der Waals surface area contributed by atoms with E-state index in [1.807, 2.05) is 24.3 Å². The van der Waals surface area contributed by atoms with E-state index < -0.39 is 0 Å². The van der Waals surface area contributed by atoms with Crippen molar-refractivity contribution in [2.75, 3.05) is 7.05 Å². The molecule has 1 aromatic heterocycles. The minimum atomic E-state index is -0.147. The Bertz CT molecular complexity index is 673. The first-order valence-corrected chi connectivity index (χ1v) is 7.02. The normalized spacial score (nSPS) is 23.4. The molecule has 5 heteroatoms. The molecule has 2 N–H and O–H groups in total. The van der Waals surface area contributed by atoms with Gasteiger partial charge >= 0.3 is 0 Å². The zero-order valence-electron chi connectivity index (χ0n) is 11.2. The van der Waals surface area contributed by atoms with Gasteiger partial charge in [0.15, 0.2) is 0 Å². The molecule has 0 bridgehead atoms. The zero-order valence-corrected chi connectivity index (χ0v) is 12.0. The molecule has 2 heterocycles. The highest BCUT2D eigenvalue weighted by Gasteiger charge is 2.33. The number of nitrogens with two attached hydrogens (primary N) is 1. The van der Waals surface area contributed by atoms with E-state index in [-0.39, 0.29) is 18.0 Å². The summed E-state index contributed by atoms with van der Waals surface area (Å²) in [5, 5.41) is 1.56. The van der Waals surface area contributed by atoms with Crippen LogP contribution in [0.5, 0.6) is 0 Å². The number of piperidine rings is 1. The smallest absolute Gasteiger partial charge is 0.222 e. The first-order chi connectivity index (χ1) is 9.59. The molecule has 2 unspecified atom stereocenters. The molecule has 1 fully saturated rings. The van der Waals surface area contributed by atoms with Crippen LogP contribution in [0, 0.1) is 0 Å². The topological polar surface area (TPSA) is 59.2 Å². The summed E-state index contributed by atoms with van der Waals surface area (Å²) < 4.78 is 0. The summed E-state index contributed by atoms with van der Waals surface area (Å²) in [5.41, 5.74) is 8.03. The van der Waals surface area contributed by atoms with Gasteiger partial charge in [-0.15, -0.1) is 0 Å². The Kier molecular flexibility index (Phi) is 3.36. The number of carbonyl (C=O) groups is 1. The van der Waals surface area contributed by atoms with E-state index in [0.717, 1.165) is 16.5 Å². The average Bonchev–Trinajstić information content (AvgIpc) is 2.46. The molecular weight excluding hydrogens is 274 g/mol. The number of benzene rings is 1. The van der Waals surface area contributed by atoms with Crippen molar-refractivity contribution in [3.63, 3.8) is 0 Å². The van der Waals surface area contributed by atoms with Crippen LogP contribution in [0.4, 0.5) is 0 Å². The van der Waals surface area contributed by atoms with Gasteiger partial charge < -0.3 is 10.6 Å². The molecule has 2 atom stereocenters. The molecule has 0 saturated carbocycles. The van der Waals surface area contributed by atoms with Crippen molar-refractivity contribution in [3.05, 3.63) is 41.0 Å². The number of carbonyl (C=O) groups excluding carboxylic acids is 1. The summed E-state index contributed by atoms with van der Waals surface area (Å²) >= 11 is 6.22. The first-order valence-electron chi connectivity index (χ1n) is 6.64. The van der Waals surface area contributed by atoms with Gasteiger partial charge in [-0.25, -0.2) is 0 Å². The summed E-state index contributed by atoms with van der Waals surface area (Å²) in [6.07, 6.45) is 2.94. The lowest BCUT2D eigenvalue weighted by atomic mass is 9.89. The monoisotopic (exact) mass is 289 g/mol. The second-order valence-corrected chi connectivity index (χ2v) is 5.60. The van der Waals surface area contributed by atoms with E-state index in [1.165, 1.54) is 0 Å². The van der Waals surface area contributed by atoms with Gasteiger partial charge in [-0.3, -0.25) is 9.78 Å². The van der Waals surface area contributed by atoms with Crippen LogP contribution in [0.3, 0.4) is 0 Å². The molecule has 1 aliphatic rings. The number of halogens is 1. The van der Waals surface area contributed by atoms with Gasteiger partial charge in [0.1, 0.15) is 0 Å². The maximum Gasteiger partial charge on any atom is 0.222 e. The molecule has 104 valence electrons. The van der Waals surface area contributed by atoms with Crippen molar-refractivity contribution in [1.82, 2.24) is 9.88 Å². The molecule has 20 heavy (non-hydrogen) atoms. The molecule has 0 aliphatic carbocycles. The highest BCUT2D eigenvalue weighted by molar-refractivity contribution is 6.35. The predicted molar refractivity (Wildman–Crippen MR) is 79.5 cm³/mol. The quantitative estimate of drug-likeness (QED) is 0.877. The molecule has 1 aromatic carbocycles. The molecule has 0 spiro atoms. The molecule has 3 rings (SSSR count). The van der Waals surface area contributed by atoms with Crippen LogP contribution >= 0.6 is 11.6 Å². The average molecular weight is 290 g/mol. The van der Waals surface area contributed by atoms with Crippen molar-refractivity contribution < 1.29 is 4.79 Å². The Hall–Kier alpha value is -1.65. The third-order valence-corrected chi connectivity index (χ3v) is 4.30. The zero-order chi connectivity index (χ0) is 14.3. The Labute approximate surface area is 122 Å². The van der Waals surface area contributed by atoms with Gasteiger partial charge in [0.2, 0.25) is 5.91 Å². The van der Waals surface area contributed by atoms with E-state index in [2.05, 4.69) is 4.98 Å². The maximum absolute atomic E-state index is 12.0. The van der Waals surface area contributed by atoms with Crippen molar-refractivity contribution in [2.45, 2.75) is 24.9 Å². The van der Waals surface area contributed by atoms with Crippen LogP contribution in [0.1, 0.15) is 24.4 Å². The molecule has 1 amide bonds. The van der Waals surface area contributed by atoms with Crippen molar-refractivity contribution in [1.29, 1.82) is 0 Å². The number of hydrogen-bond acceptors (Lipinski definition) is 3. The van der Waals surface area contributed by atoms with E-state index in [9.17, 15) is 4.79 Å². The fourth-order valence-electron chi connectivity index (χ4n) is 2.90. The summed E-state index contributed by atoms with van der Waals surface area (Å²) in [5.74, 6) is 0.121. The van der Waals surface area contributed by atoms with Crippen LogP contribution in [0.25, 0.3) is 10.9 Å². The summed E-state index contributed by atoms with van der Waals surface area (Å²) in [4.78, 5) is 18.1. The van der Waals surface area contributed by atoms with Crippen molar-refractivity contribution >= 4 is 28.4 Å². The summed E-state index contributed by atoms with van der Waals surface area (Å²) in [7, 11) is 1.80. The van der Waals surface area contributed by atoms with Gasteiger partial charge in [-0.2, -0.15) is 0 Å². The Morgan fingerprint density at radius 3 is 3.00 bits per heavy atom. The van der Waals surface area contributed by atoms with E-state index in [1.54, 1.807) is 18.1 Å². The lowest BCUT2D eigenvalue weighted by Crippen LogP contribution is -2.46. The minimum absolute atomic E-state index is 0.0796. The van der Waals surface area contributed by atoms with Crippen LogP contribution < -0.4 is 5.73 Å². The van der Waals surface area contributed by atoms with Crippen LogP contribution in [-0.2, 0) is 4.79 Å². The number of likely N-dealkylation sites (N-methyl/N-ethyl adjacent to an activating group) is 1. The van der Waals surface area contributed by atoms with Crippen molar-refractivity contribution in [2.24, 2.45) is 5.73 Å². The van der Waals surface area contributed by atoms with Crippen molar-refractivity contribution in [3.8, 4) is 0 Å². The van der Waals surface area contributed by atoms with Gasteiger partial charge in [0.25, 0.3) is 0 Å². The molecular formula is C15H16ClN3O. The van der Waals surface area contributed by atoms with E-state index >= 15 is 0 Å². The number of fused-ring (bicyclic) bond motifs is 1. The lowest BCUT2D eigenvalue weighted by molar-refractivity contribution is -0.135. The number of rotatable bonds is 1. The number of nitrogens with zero attached hydrogens (tertiary/aromatic N) is 2. The Morgan fingerprint density at radius 1 is 1.40 bits per heavy atom. The fraction of sp³-hybridized carbons (Fsp3) is 0.333. The van der Waals surface area contributed by atoms with Gasteiger partial charge in [-0.05, 0) is 24.6 Å².